The first-order valence-corrected chi connectivity index (χ1v) is 13.5. The summed E-state index contributed by atoms with van der Waals surface area (Å²) in [5, 5.41) is 23.3. The van der Waals surface area contributed by atoms with Gasteiger partial charge in [0.2, 0.25) is 11.9 Å². The number of nitrogens with zero attached hydrogens (tertiary/aromatic N) is 5. The van der Waals surface area contributed by atoms with Crippen LogP contribution < -0.4 is 10.2 Å². The quantitative estimate of drug-likeness (QED) is 0.351. The van der Waals surface area contributed by atoms with Crippen LogP contribution in [0.3, 0.4) is 0 Å². The van der Waals surface area contributed by atoms with E-state index in [-0.39, 0.29) is 24.2 Å². The van der Waals surface area contributed by atoms with Gasteiger partial charge in [-0.05, 0) is 68.9 Å². The van der Waals surface area contributed by atoms with E-state index >= 15 is 0 Å². The van der Waals surface area contributed by atoms with E-state index in [1.54, 1.807) is 11.1 Å². The van der Waals surface area contributed by atoms with E-state index in [1.807, 2.05) is 38.1 Å². The summed E-state index contributed by atoms with van der Waals surface area (Å²) in [7, 11) is 0. The van der Waals surface area contributed by atoms with Gasteiger partial charge in [-0.2, -0.15) is 18.4 Å². The Morgan fingerprint density at radius 3 is 2.69 bits per heavy atom. The molecule has 1 aliphatic rings. The maximum Gasteiger partial charge on any atom is 0.433 e. The van der Waals surface area contributed by atoms with Crippen molar-refractivity contribution in [3.63, 3.8) is 0 Å². The Balaban J connectivity index is 1.53. The second-order valence-corrected chi connectivity index (χ2v) is 10.6. The van der Waals surface area contributed by atoms with Gasteiger partial charge in [-0.25, -0.2) is 15.0 Å². The van der Waals surface area contributed by atoms with Gasteiger partial charge >= 0.3 is 6.18 Å². The minimum atomic E-state index is -4.57. The minimum Gasteiger partial charge on any atom is -0.383 e. The number of alkyl halides is 3. The van der Waals surface area contributed by atoms with E-state index in [4.69, 9.17) is 5.26 Å². The van der Waals surface area contributed by atoms with Gasteiger partial charge in [0.1, 0.15) is 16.3 Å². The molecule has 2 aromatic heterocycles. The van der Waals surface area contributed by atoms with Crippen LogP contribution in [0.1, 0.15) is 55.3 Å². The van der Waals surface area contributed by atoms with Crippen LogP contribution in [0.5, 0.6) is 0 Å². The van der Waals surface area contributed by atoms with Gasteiger partial charge in [0.25, 0.3) is 0 Å². The zero-order chi connectivity index (χ0) is 28.2. The Morgan fingerprint density at radius 2 is 2.03 bits per heavy atom. The fourth-order valence-electron chi connectivity index (χ4n) is 4.72. The Hall–Kier alpha value is -3.56. The molecule has 3 aromatic rings. The van der Waals surface area contributed by atoms with Crippen molar-refractivity contribution >= 4 is 28.9 Å². The summed E-state index contributed by atoms with van der Waals surface area (Å²) < 4.78 is 39.7. The van der Waals surface area contributed by atoms with Crippen LogP contribution in [-0.2, 0) is 16.6 Å². The van der Waals surface area contributed by atoms with E-state index in [0.29, 0.717) is 49.5 Å². The van der Waals surface area contributed by atoms with Crippen LogP contribution in [0, 0.1) is 24.2 Å². The molecule has 0 unspecified atom stereocenters. The molecule has 8 nitrogen and oxygen atoms in total. The van der Waals surface area contributed by atoms with Gasteiger partial charge in [0, 0.05) is 37.1 Å². The Labute approximate surface area is 228 Å². The third kappa shape index (κ3) is 6.54. The molecule has 0 spiro atoms. The van der Waals surface area contributed by atoms with Gasteiger partial charge in [-0.15, -0.1) is 11.3 Å². The topological polar surface area (TPSA) is 115 Å². The predicted octanol–water partition coefficient (Wildman–Crippen LogP) is 5.49. The molecule has 1 saturated carbocycles. The SMILES string of the molecule is CCN(c1cc(C)cc(-c2cnc(C3(O)CCC(C(=O)NCCC#N)CC3)s2)c1)c1nccc(C(F)(F)F)n1. The van der Waals surface area contributed by atoms with E-state index in [0.717, 1.165) is 28.3 Å². The smallest absolute Gasteiger partial charge is 0.383 e. The van der Waals surface area contributed by atoms with Crippen molar-refractivity contribution in [3.05, 3.63) is 52.9 Å². The molecule has 1 fully saturated rings. The number of aromatic nitrogens is 3. The average molecular weight is 559 g/mol. The number of amides is 1. The Morgan fingerprint density at radius 1 is 1.28 bits per heavy atom. The Bertz CT molecular complexity index is 1360. The number of nitriles is 1. The zero-order valence-corrected chi connectivity index (χ0v) is 22.4. The molecular weight excluding hydrogens is 529 g/mol. The van der Waals surface area contributed by atoms with Crippen molar-refractivity contribution in [2.45, 2.75) is 57.7 Å². The number of thiazole rings is 1. The lowest BCUT2D eigenvalue weighted by Gasteiger charge is -2.33. The van der Waals surface area contributed by atoms with Crippen LogP contribution in [-0.4, -0.2) is 39.1 Å². The highest BCUT2D eigenvalue weighted by molar-refractivity contribution is 7.15. The van der Waals surface area contributed by atoms with Gasteiger partial charge < -0.3 is 15.3 Å². The molecule has 0 bridgehead atoms. The lowest BCUT2D eigenvalue weighted by atomic mass is 9.78. The summed E-state index contributed by atoms with van der Waals surface area (Å²) in [6.45, 7) is 4.38. The third-order valence-corrected chi connectivity index (χ3v) is 8.01. The summed E-state index contributed by atoms with van der Waals surface area (Å²) in [6.07, 6.45) is 0.293. The first kappa shape index (κ1) is 28.4. The van der Waals surface area contributed by atoms with Crippen LogP contribution in [0.4, 0.5) is 24.8 Å². The van der Waals surface area contributed by atoms with Crippen LogP contribution in [0.25, 0.3) is 10.4 Å². The highest BCUT2D eigenvalue weighted by Crippen LogP contribution is 2.43. The third-order valence-electron chi connectivity index (χ3n) is 6.77. The molecular formula is C27H29F3N6O2S. The van der Waals surface area contributed by atoms with Crippen molar-refractivity contribution in [2.75, 3.05) is 18.0 Å². The summed E-state index contributed by atoms with van der Waals surface area (Å²) in [6, 6.07) is 8.50. The maximum atomic E-state index is 13.2. The molecule has 4 rings (SSSR count). The van der Waals surface area contributed by atoms with E-state index in [1.165, 1.54) is 11.3 Å². The molecule has 0 saturated heterocycles. The molecule has 1 aliphatic carbocycles. The van der Waals surface area contributed by atoms with Crippen molar-refractivity contribution < 1.29 is 23.1 Å². The fourth-order valence-corrected chi connectivity index (χ4v) is 5.77. The fraction of sp³-hybridized carbons (Fsp3) is 0.444. The molecule has 2 heterocycles. The first-order chi connectivity index (χ1) is 18.5. The monoisotopic (exact) mass is 558 g/mol. The number of rotatable bonds is 8. The lowest BCUT2D eigenvalue weighted by Crippen LogP contribution is -2.38. The number of aryl methyl sites for hydroxylation is 1. The van der Waals surface area contributed by atoms with Crippen molar-refractivity contribution in [1.29, 1.82) is 5.26 Å². The molecule has 1 aromatic carbocycles. The standard InChI is InChI=1S/C27H29F3N6O2S/c1-3-36(25-33-12-7-22(35-25)27(28,29)30)20-14-17(2)13-19(15-20)21-16-34-24(39-21)26(38)8-5-18(6-9-26)23(37)32-11-4-10-31/h7,12-16,18,38H,3-6,8-9,11H2,1-2H3,(H,32,37). The number of benzene rings is 1. The van der Waals surface area contributed by atoms with Crippen LogP contribution in [0.15, 0.2) is 36.7 Å². The maximum absolute atomic E-state index is 13.2. The van der Waals surface area contributed by atoms with Crippen molar-refractivity contribution in [3.8, 4) is 16.5 Å². The van der Waals surface area contributed by atoms with Gasteiger partial charge in [0.15, 0.2) is 0 Å². The number of aliphatic hydroxyl groups is 1. The molecule has 1 amide bonds. The highest BCUT2D eigenvalue weighted by Gasteiger charge is 2.39. The predicted molar refractivity (Wildman–Crippen MR) is 141 cm³/mol. The van der Waals surface area contributed by atoms with E-state index < -0.39 is 17.5 Å². The molecule has 0 aliphatic heterocycles. The second-order valence-electron chi connectivity index (χ2n) is 9.58. The number of halogens is 3. The van der Waals surface area contributed by atoms with Crippen molar-refractivity contribution in [2.24, 2.45) is 5.92 Å². The lowest BCUT2D eigenvalue weighted by molar-refractivity contribution is -0.141. The van der Waals surface area contributed by atoms with E-state index in [9.17, 15) is 23.1 Å². The molecule has 0 atom stereocenters. The number of hydrogen-bond donors (Lipinski definition) is 2. The number of carbonyl (C=O) groups excluding carboxylic acids is 1. The summed E-state index contributed by atoms with van der Waals surface area (Å²) >= 11 is 1.36. The number of nitrogens with one attached hydrogen (secondary N) is 1. The molecule has 2 N–H and O–H groups in total. The average Bonchev–Trinajstić information content (AvgIpc) is 3.41. The van der Waals surface area contributed by atoms with Crippen molar-refractivity contribution in [1.82, 2.24) is 20.3 Å². The molecule has 12 heteroatoms. The normalized spacial score (nSPS) is 19.4. The minimum absolute atomic E-state index is 0.0448. The van der Waals surface area contributed by atoms with Crippen LogP contribution >= 0.6 is 11.3 Å². The first-order valence-electron chi connectivity index (χ1n) is 12.7. The van der Waals surface area contributed by atoms with Gasteiger partial charge in [-0.1, -0.05) is 6.07 Å². The summed E-state index contributed by atoms with van der Waals surface area (Å²) in [5.74, 6) is -0.345. The van der Waals surface area contributed by atoms with Gasteiger partial charge in [0.05, 0.1) is 17.4 Å². The largest absolute Gasteiger partial charge is 0.433 e. The summed E-state index contributed by atoms with van der Waals surface area (Å²) in [4.78, 5) is 27.1. The second kappa shape index (κ2) is 11.7. The van der Waals surface area contributed by atoms with Gasteiger partial charge in [-0.3, -0.25) is 4.79 Å². The Kier molecular flexibility index (Phi) is 8.51. The van der Waals surface area contributed by atoms with Crippen LogP contribution in [0.2, 0.25) is 0 Å². The molecule has 39 heavy (non-hydrogen) atoms. The number of hydrogen-bond acceptors (Lipinski definition) is 8. The number of carbonyl (C=O) groups is 1. The summed E-state index contributed by atoms with van der Waals surface area (Å²) in [5.41, 5.74) is 0.204. The highest BCUT2D eigenvalue weighted by atomic mass is 32.1. The molecule has 0 radical (unpaired) electrons. The number of anilines is 2. The zero-order valence-electron chi connectivity index (χ0n) is 21.6. The molecule has 206 valence electrons. The van der Waals surface area contributed by atoms with E-state index in [2.05, 4.69) is 20.3 Å².